The molecule has 1 aliphatic rings. The van der Waals surface area contributed by atoms with Crippen LogP contribution in [-0.2, 0) is 30.9 Å². The monoisotopic (exact) mass is 566 g/mol. The van der Waals surface area contributed by atoms with Gasteiger partial charge < -0.3 is 14.5 Å². The number of hydrogen-bond donors (Lipinski definition) is 1. The molecule has 14 heteroatoms. The van der Waals surface area contributed by atoms with E-state index in [0.29, 0.717) is 27.0 Å². The highest BCUT2D eigenvalue weighted by Gasteiger charge is 2.42. The van der Waals surface area contributed by atoms with Crippen LogP contribution in [0.1, 0.15) is 5.56 Å². The van der Waals surface area contributed by atoms with Crippen molar-refractivity contribution in [1.82, 2.24) is 14.2 Å². The molecule has 0 bridgehead atoms. The second-order valence-electron chi connectivity index (χ2n) is 8.22. The maximum absolute atomic E-state index is 14.8. The van der Waals surface area contributed by atoms with E-state index in [-0.39, 0.29) is 37.7 Å². The molecule has 1 saturated heterocycles. The standard InChI is InChI=1S/C24H21ClF2N4O6S/c25-16-3-5-17(6-4-16)36-23-19(26)11-18(12-20(23)27)38(34,35)31-9-8-30(14-21(31)24(33)37-28)22(32)10-15-2-1-7-29-13-15/h1-7,11-13,21H,8-10,14,28H2/t21-/m1/s1. The van der Waals surface area contributed by atoms with Crippen LogP contribution in [0.4, 0.5) is 8.78 Å². The Morgan fingerprint density at radius 1 is 1.11 bits per heavy atom. The van der Waals surface area contributed by atoms with Gasteiger partial charge in [-0.2, -0.15) is 10.2 Å². The molecule has 0 saturated carbocycles. The Kier molecular flexibility index (Phi) is 8.21. The van der Waals surface area contributed by atoms with E-state index >= 15 is 0 Å². The van der Waals surface area contributed by atoms with Crippen molar-refractivity contribution in [2.24, 2.45) is 5.90 Å². The smallest absolute Gasteiger partial charge is 0.344 e. The number of ether oxygens (including phenoxy) is 1. The molecule has 1 aliphatic heterocycles. The van der Waals surface area contributed by atoms with Crippen LogP contribution >= 0.6 is 11.6 Å². The fourth-order valence-corrected chi connectivity index (χ4v) is 5.59. The number of carbonyl (C=O) groups is 2. The van der Waals surface area contributed by atoms with Crippen LogP contribution in [0.25, 0.3) is 0 Å². The van der Waals surface area contributed by atoms with Crippen LogP contribution in [0.2, 0.25) is 5.02 Å². The number of amides is 1. The summed E-state index contributed by atoms with van der Waals surface area (Å²) in [6.07, 6.45) is 3.02. The lowest BCUT2D eigenvalue weighted by Gasteiger charge is -2.38. The molecule has 1 fully saturated rings. The Balaban J connectivity index is 1.57. The molecule has 2 aromatic carbocycles. The minimum atomic E-state index is -4.64. The first-order valence-corrected chi connectivity index (χ1v) is 12.9. The predicted octanol–water partition coefficient (Wildman–Crippen LogP) is 2.67. The van der Waals surface area contributed by atoms with E-state index in [4.69, 9.17) is 22.2 Å². The van der Waals surface area contributed by atoms with E-state index in [9.17, 15) is 26.8 Å². The number of sulfonamides is 1. The van der Waals surface area contributed by atoms with Crippen LogP contribution < -0.4 is 10.6 Å². The van der Waals surface area contributed by atoms with Crippen molar-refractivity contribution < 1.29 is 36.4 Å². The number of carbonyl (C=O) groups excluding carboxylic acids is 2. The highest BCUT2D eigenvalue weighted by Crippen LogP contribution is 2.32. The van der Waals surface area contributed by atoms with Gasteiger partial charge in [-0.15, -0.1) is 0 Å². The maximum Gasteiger partial charge on any atom is 0.344 e. The molecule has 1 amide bonds. The second kappa shape index (κ2) is 11.4. The fourth-order valence-electron chi connectivity index (χ4n) is 3.88. The SMILES string of the molecule is NOC(=O)[C@H]1CN(C(=O)Cc2cccnc2)CCN1S(=O)(=O)c1cc(F)c(Oc2ccc(Cl)cc2)c(F)c1. The summed E-state index contributed by atoms with van der Waals surface area (Å²) in [5.74, 6) is 0.155. The number of pyridine rings is 1. The number of nitrogens with zero attached hydrogens (tertiary/aromatic N) is 3. The molecule has 2 N–H and O–H groups in total. The van der Waals surface area contributed by atoms with Gasteiger partial charge in [0.2, 0.25) is 15.9 Å². The van der Waals surface area contributed by atoms with Crippen molar-refractivity contribution in [2.45, 2.75) is 17.4 Å². The average Bonchev–Trinajstić information content (AvgIpc) is 2.91. The summed E-state index contributed by atoms with van der Waals surface area (Å²) in [5.41, 5.74) is 0.623. The van der Waals surface area contributed by atoms with Gasteiger partial charge >= 0.3 is 5.97 Å². The molecule has 0 aliphatic carbocycles. The zero-order chi connectivity index (χ0) is 27.4. The number of aromatic nitrogens is 1. The average molecular weight is 567 g/mol. The van der Waals surface area contributed by atoms with Crippen molar-refractivity contribution in [3.8, 4) is 11.5 Å². The molecule has 10 nitrogen and oxygen atoms in total. The normalized spacial score (nSPS) is 16.2. The molecule has 1 aromatic heterocycles. The number of halogens is 3. The predicted molar refractivity (Wildman–Crippen MR) is 130 cm³/mol. The van der Waals surface area contributed by atoms with Crippen molar-refractivity contribution in [3.63, 3.8) is 0 Å². The lowest BCUT2D eigenvalue weighted by atomic mass is 10.1. The van der Waals surface area contributed by atoms with Gasteiger partial charge in [-0.25, -0.2) is 22.0 Å². The number of rotatable bonds is 7. The summed E-state index contributed by atoms with van der Waals surface area (Å²) in [6, 6.07) is 8.61. The molecule has 0 spiro atoms. The summed E-state index contributed by atoms with van der Waals surface area (Å²) >= 11 is 5.79. The fraction of sp³-hybridized carbons (Fsp3) is 0.208. The topological polar surface area (TPSA) is 132 Å². The van der Waals surface area contributed by atoms with Crippen LogP contribution in [-0.4, -0.2) is 60.2 Å². The first-order valence-electron chi connectivity index (χ1n) is 11.1. The molecular weight excluding hydrogens is 546 g/mol. The van der Waals surface area contributed by atoms with Crippen LogP contribution in [0.5, 0.6) is 11.5 Å². The Hall–Kier alpha value is -3.65. The van der Waals surface area contributed by atoms with E-state index in [1.54, 1.807) is 18.3 Å². The molecule has 1 atom stereocenters. The summed E-state index contributed by atoms with van der Waals surface area (Å²) in [4.78, 5) is 33.9. The van der Waals surface area contributed by atoms with E-state index in [1.165, 1.54) is 35.4 Å². The third kappa shape index (κ3) is 5.91. The minimum Gasteiger partial charge on any atom is -0.451 e. The lowest BCUT2D eigenvalue weighted by Crippen LogP contribution is -2.60. The molecule has 0 unspecified atom stereocenters. The van der Waals surface area contributed by atoms with Crippen molar-refractivity contribution >= 4 is 33.5 Å². The van der Waals surface area contributed by atoms with E-state index in [1.807, 2.05) is 0 Å². The first-order chi connectivity index (χ1) is 18.1. The molecule has 4 rings (SSSR count). The Bertz CT molecular complexity index is 1420. The van der Waals surface area contributed by atoms with E-state index in [0.717, 1.165) is 0 Å². The molecular formula is C24H21ClF2N4O6S. The largest absolute Gasteiger partial charge is 0.451 e. The van der Waals surface area contributed by atoms with Gasteiger partial charge in [0, 0.05) is 37.1 Å². The molecule has 2 heterocycles. The third-order valence-corrected chi connectivity index (χ3v) is 7.90. The van der Waals surface area contributed by atoms with Crippen LogP contribution in [0, 0.1) is 11.6 Å². The zero-order valence-electron chi connectivity index (χ0n) is 19.6. The summed E-state index contributed by atoms with van der Waals surface area (Å²) < 4.78 is 62.3. The number of piperazine rings is 1. The second-order valence-corrected chi connectivity index (χ2v) is 10.5. The summed E-state index contributed by atoms with van der Waals surface area (Å²) in [6.45, 7) is -0.820. The van der Waals surface area contributed by atoms with Crippen LogP contribution in [0.15, 0.2) is 65.8 Å². The maximum atomic E-state index is 14.8. The molecule has 200 valence electrons. The molecule has 0 radical (unpaired) electrons. The van der Waals surface area contributed by atoms with Gasteiger partial charge in [-0.3, -0.25) is 9.78 Å². The highest BCUT2D eigenvalue weighted by molar-refractivity contribution is 7.89. The van der Waals surface area contributed by atoms with Gasteiger partial charge in [-0.05, 0) is 48.0 Å². The zero-order valence-corrected chi connectivity index (χ0v) is 21.2. The summed E-state index contributed by atoms with van der Waals surface area (Å²) in [7, 11) is -4.64. The minimum absolute atomic E-state index is 0.0313. The van der Waals surface area contributed by atoms with Gasteiger partial charge in [0.05, 0.1) is 11.3 Å². The van der Waals surface area contributed by atoms with Gasteiger partial charge in [-0.1, -0.05) is 17.7 Å². The van der Waals surface area contributed by atoms with Crippen molar-refractivity contribution in [1.29, 1.82) is 0 Å². The van der Waals surface area contributed by atoms with E-state index < -0.39 is 44.3 Å². The van der Waals surface area contributed by atoms with E-state index in [2.05, 4.69) is 9.82 Å². The van der Waals surface area contributed by atoms with Crippen molar-refractivity contribution in [3.05, 3.63) is 83.1 Å². The van der Waals surface area contributed by atoms with Gasteiger partial charge in [0.25, 0.3) is 0 Å². The van der Waals surface area contributed by atoms with Gasteiger partial charge in [0.1, 0.15) is 11.8 Å². The molecule has 38 heavy (non-hydrogen) atoms. The Morgan fingerprint density at radius 3 is 2.39 bits per heavy atom. The first kappa shape index (κ1) is 27.4. The van der Waals surface area contributed by atoms with Crippen molar-refractivity contribution in [2.75, 3.05) is 19.6 Å². The van der Waals surface area contributed by atoms with Crippen LogP contribution in [0.3, 0.4) is 0 Å². The number of nitrogens with two attached hydrogens (primary N) is 1. The third-order valence-electron chi connectivity index (χ3n) is 5.76. The number of hydrogen-bond acceptors (Lipinski definition) is 8. The summed E-state index contributed by atoms with van der Waals surface area (Å²) in [5, 5.41) is 0.379. The Morgan fingerprint density at radius 2 is 1.79 bits per heavy atom. The Labute approximate surface area is 221 Å². The van der Waals surface area contributed by atoms with Gasteiger partial charge in [0.15, 0.2) is 17.4 Å². The highest BCUT2D eigenvalue weighted by atomic mass is 35.5. The molecule has 3 aromatic rings. The number of benzene rings is 2. The quantitative estimate of drug-likeness (QED) is 0.432. The lowest BCUT2D eigenvalue weighted by molar-refractivity contribution is -0.152.